The molecular weight excluding hydrogens is 308 g/mol. The van der Waals surface area contributed by atoms with Crippen LogP contribution in [0.4, 0.5) is 0 Å². The summed E-state index contributed by atoms with van der Waals surface area (Å²) in [6.07, 6.45) is 8.15. The Hall–Kier alpha value is -2.01. The normalized spacial score (nSPS) is 20.4. The van der Waals surface area contributed by atoms with E-state index in [0.29, 0.717) is 29.0 Å². The molecule has 0 amide bonds. The Morgan fingerprint density at radius 2 is 2.17 bits per heavy atom. The minimum Gasteiger partial charge on any atom is -0.461 e. The highest BCUT2D eigenvalue weighted by Crippen LogP contribution is 2.28. The van der Waals surface area contributed by atoms with Gasteiger partial charge in [0.05, 0.1) is 18.0 Å². The lowest BCUT2D eigenvalue weighted by Gasteiger charge is -2.24. The Labute approximate surface area is 140 Å². The van der Waals surface area contributed by atoms with E-state index in [4.69, 9.17) is 4.74 Å². The molecule has 4 nitrogen and oxygen atoms in total. The van der Waals surface area contributed by atoms with E-state index in [1.54, 1.807) is 6.20 Å². The molecule has 0 N–H and O–H groups in total. The first-order valence-electron chi connectivity index (χ1n) is 7.86. The van der Waals surface area contributed by atoms with Crippen molar-refractivity contribution >= 4 is 17.3 Å². The fraction of sp³-hybridized carbons (Fsp3) is 0.389. The number of esters is 1. The molecule has 2 aromatic rings. The van der Waals surface area contributed by atoms with Crippen LogP contribution in [0.3, 0.4) is 0 Å². The fourth-order valence-electron chi connectivity index (χ4n) is 2.67. The first kappa shape index (κ1) is 15.9. The maximum atomic E-state index is 12.4. The van der Waals surface area contributed by atoms with Crippen LogP contribution >= 0.6 is 11.3 Å². The summed E-state index contributed by atoms with van der Waals surface area (Å²) in [7, 11) is 0. The number of allylic oxidation sites excluding steroid dienone is 2. The van der Waals surface area contributed by atoms with Crippen molar-refractivity contribution < 1.29 is 9.53 Å². The molecule has 5 heteroatoms. The molecule has 2 atom stereocenters. The highest BCUT2D eigenvalue weighted by atomic mass is 32.1. The molecule has 0 fully saturated rings. The zero-order valence-corrected chi connectivity index (χ0v) is 14.2. The van der Waals surface area contributed by atoms with Crippen LogP contribution in [0.1, 0.15) is 35.1 Å². The van der Waals surface area contributed by atoms with Gasteiger partial charge in [0.25, 0.3) is 0 Å². The van der Waals surface area contributed by atoms with Crippen molar-refractivity contribution in [1.29, 1.82) is 0 Å². The quantitative estimate of drug-likeness (QED) is 0.621. The summed E-state index contributed by atoms with van der Waals surface area (Å²) >= 11 is 1.35. The zero-order chi connectivity index (χ0) is 16.2. The van der Waals surface area contributed by atoms with Gasteiger partial charge in [0.2, 0.25) is 0 Å². The summed E-state index contributed by atoms with van der Waals surface area (Å²) in [4.78, 5) is 21.7. The lowest BCUT2D eigenvalue weighted by molar-refractivity contribution is 0.0400. The SMILES string of the molecule is Cc1nc(-c2ccccn2)sc1C(=O)OCC1CC=CCC1C. The third kappa shape index (κ3) is 3.67. The lowest BCUT2D eigenvalue weighted by Crippen LogP contribution is -2.21. The van der Waals surface area contributed by atoms with Crippen LogP contribution in [0.5, 0.6) is 0 Å². The van der Waals surface area contributed by atoms with E-state index < -0.39 is 0 Å². The number of carbonyl (C=O) groups excluding carboxylic acids is 1. The second-order valence-corrected chi connectivity index (χ2v) is 6.93. The number of carbonyl (C=O) groups is 1. The van der Waals surface area contributed by atoms with E-state index in [0.717, 1.165) is 23.5 Å². The molecule has 2 heterocycles. The van der Waals surface area contributed by atoms with E-state index in [9.17, 15) is 4.79 Å². The molecule has 2 unspecified atom stereocenters. The first-order valence-corrected chi connectivity index (χ1v) is 8.67. The summed E-state index contributed by atoms with van der Waals surface area (Å²) < 4.78 is 5.55. The fourth-order valence-corrected chi connectivity index (χ4v) is 3.61. The predicted molar refractivity (Wildman–Crippen MR) is 91.4 cm³/mol. The monoisotopic (exact) mass is 328 g/mol. The molecule has 3 rings (SSSR count). The van der Waals surface area contributed by atoms with Crippen LogP contribution in [0.2, 0.25) is 0 Å². The van der Waals surface area contributed by atoms with Gasteiger partial charge in [-0.15, -0.1) is 11.3 Å². The molecule has 0 bridgehead atoms. The molecule has 0 saturated carbocycles. The highest BCUT2D eigenvalue weighted by Gasteiger charge is 2.23. The Kier molecular flexibility index (Phi) is 4.86. The van der Waals surface area contributed by atoms with Crippen molar-refractivity contribution in [1.82, 2.24) is 9.97 Å². The van der Waals surface area contributed by atoms with Crippen molar-refractivity contribution in [2.75, 3.05) is 6.61 Å². The zero-order valence-electron chi connectivity index (χ0n) is 13.4. The van der Waals surface area contributed by atoms with E-state index in [1.165, 1.54) is 11.3 Å². The summed E-state index contributed by atoms with van der Waals surface area (Å²) in [5.74, 6) is 0.691. The summed E-state index contributed by atoms with van der Waals surface area (Å²) in [6.45, 7) is 4.52. The molecule has 0 radical (unpaired) electrons. The van der Waals surface area contributed by atoms with Crippen molar-refractivity contribution in [3.63, 3.8) is 0 Å². The number of aromatic nitrogens is 2. The number of hydrogen-bond acceptors (Lipinski definition) is 5. The number of aryl methyl sites for hydroxylation is 1. The number of nitrogens with zero attached hydrogens (tertiary/aromatic N) is 2. The Morgan fingerprint density at radius 3 is 2.91 bits per heavy atom. The van der Waals surface area contributed by atoms with Gasteiger partial charge in [-0.05, 0) is 43.7 Å². The summed E-state index contributed by atoms with van der Waals surface area (Å²) in [6, 6.07) is 5.66. The van der Waals surface area contributed by atoms with Crippen LogP contribution in [0, 0.1) is 18.8 Å². The molecule has 0 aromatic carbocycles. The Morgan fingerprint density at radius 1 is 1.35 bits per heavy atom. The van der Waals surface area contributed by atoms with Crippen LogP contribution in [0.15, 0.2) is 36.5 Å². The number of ether oxygens (including phenoxy) is 1. The van der Waals surface area contributed by atoms with Crippen molar-refractivity contribution in [3.8, 4) is 10.7 Å². The van der Waals surface area contributed by atoms with Gasteiger partial charge in [0, 0.05) is 6.20 Å². The second-order valence-electron chi connectivity index (χ2n) is 5.93. The predicted octanol–water partition coefficient (Wildman–Crippen LogP) is 4.27. The van der Waals surface area contributed by atoms with Crippen molar-refractivity contribution in [2.24, 2.45) is 11.8 Å². The molecule has 23 heavy (non-hydrogen) atoms. The van der Waals surface area contributed by atoms with E-state index in [1.807, 2.05) is 25.1 Å². The number of thiazole rings is 1. The largest absolute Gasteiger partial charge is 0.461 e. The van der Waals surface area contributed by atoms with Gasteiger partial charge in [-0.2, -0.15) is 0 Å². The van der Waals surface area contributed by atoms with Gasteiger partial charge < -0.3 is 4.74 Å². The maximum Gasteiger partial charge on any atom is 0.350 e. The van der Waals surface area contributed by atoms with Crippen LogP contribution < -0.4 is 0 Å². The van der Waals surface area contributed by atoms with Gasteiger partial charge in [-0.3, -0.25) is 4.98 Å². The smallest absolute Gasteiger partial charge is 0.350 e. The van der Waals surface area contributed by atoms with Gasteiger partial charge in [0.1, 0.15) is 9.88 Å². The van der Waals surface area contributed by atoms with Crippen LogP contribution in [-0.4, -0.2) is 22.5 Å². The molecule has 1 aliphatic carbocycles. The summed E-state index contributed by atoms with van der Waals surface area (Å²) in [5.41, 5.74) is 1.49. The molecule has 0 aliphatic heterocycles. The molecule has 0 spiro atoms. The van der Waals surface area contributed by atoms with Crippen LogP contribution in [-0.2, 0) is 4.74 Å². The number of hydrogen-bond donors (Lipinski definition) is 0. The topological polar surface area (TPSA) is 52.1 Å². The lowest BCUT2D eigenvalue weighted by atomic mass is 9.85. The highest BCUT2D eigenvalue weighted by molar-refractivity contribution is 7.17. The number of pyridine rings is 1. The van der Waals surface area contributed by atoms with Crippen LogP contribution in [0.25, 0.3) is 10.7 Å². The summed E-state index contributed by atoms with van der Waals surface area (Å²) in [5, 5.41) is 0.754. The Balaban J connectivity index is 1.68. The maximum absolute atomic E-state index is 12.4. The first-order chi connectivity index (χ1) is 11.1. The van der Waals surface area contributed by atoms with Gasteiger partial charge in [-0.1, -0.05) is 25.1 Å². The molecule has 120 valence electrons. The molecular formula is C18H20N2O2S. The van der Waals surface area contributed by atoms with Gasteiger partial charge >= 0.3 is 5.97 Å². The van der Waals surface area contributed by atoms with Gasteiger partial charge in [0.15, 0.2) is 0 Å². The van der Waals surface area contributed by atoms with Gasteiger partial charge in [-0.25, -0.2) is 9.78 Å². The molecule has 2 aromatic heterocycles. The minimum atomic E-state index is -0.274. The van der Waals surface area contributed by atoms with E-state index in [2.05, 4.69) is 29.0 Å². The minimum absolute atomic E-state index is 0.274. The Bertz CT molecular complexity index is 709. The number of rotatable bonds is 4. The molecule has 0 saturated heterocycles. The van der Waals surface area contributed by atoms with Crippen molar-refractivity contribution in [2.45, 2.75) is 26.7 Å². The van der Waals surface area contributed by atoms with E-state index in [-0.39, 0.29) is 5.97 Å². The van der Waals surface area contributed by atoms with Crippen molar-refractivity contribution in [3.05, 3.63) is 47.1 Å². The third-order valence-corrected chi connectivity index (χ3v) is 5.37. The molecule has 1 aliphatic rings. The third-order valence-electron chi connectivity index (χ3n) is 4.21. The average molecular weight is 328 g/mol. The average Bonchev–Trinajstić information content (AvgIpc) is 2.97. The second kappa shape index (κ2) is 7.04. The standard InChI is InChI=1S/C18H20N2O2S/c1-12-7-3-4-8-14(12)11-22-18(21)16-13(2)20-17(23-16)15-9-5-6-10-19-15/h3-6,9-10,12,14H,7-8,11H2,1-2H3. The van der Waals surface area contributed by atoms with E-state index >= 15 is 0 Å².